The number of carbonyl (C=O) groups is 4. The third kappa shape index (κ3) is 2.70. The first kappa shape index (κ1) is 17.2. The van der Waals surface area contributed by atoms with Crippen LogP contribution in [0.5, 0.6) is 0 Å². The summed E-state index contributed by atoms with van der Waals surface area (Å²) >= 11 is 6.17. The van der Waals surface area contributed by atoms with Crippen molar-refractivity contribution in [2.75, 3.05) is 0 Å². The fourth-order valence-electron chi connectivity index (χ4n) is 2.81. The summed E-state index contributed by atoms with van der Waals surface area (Å²) in [6, 6.07) is 6.51. The van der Waals surface area contributed by atoms with Crippen molar-refractivity contribution in [2.24, 2.45) is 0 Å². The highest BCUT2D eigenvalue weighted by molar-refractivity contribution is 6.32. The summed E-state index contributed by atoms with van der Waals surface area (Å²) < 4.78 is 10.7. The van der Waals surface area contributed by atoms with Crippen LogP contribution in [0.2, 0.25) is 5.02 Å². The highest BCUT2D eigenvalue weighted by Gasteiger charge is 2.54. The second kappa shape index (κ2) is 6.00. The summed E-state index contributed by atoms with van der Waals surface area (Å²) in [6.45, 7) is 2.55. The van der Waals surface area contributed by atoms with Crippen LogP contribution in [0.4, 0.5) is 0 Å². The predicted molar refractivity (Wildman–Crippen MR) is 84.8 cm³/mol. The van der Waals surface area contributed by atoms with Gasteiger partial charge in [0, 0.05) is 30.4 Å². The van der Waals surface area contributed by atoms with Crippen LogP contribution in [-0.2, 0) is 34.3 Å². The molecule has 1 saturated heterocycles. The van der Waals surface area contributed by atoms with Crippen LogP contribution in [0.1, 0.15) is 32.3 Å². The van der Waals surface area contributed by atoms with Gasteiger partial charge in [-0.15, -0.1) is 0 Å². The van der Waals surface area contributed by atoms with Gasteiger partial charge in [-0.25, -0.2) is 4.90 Å². The van der Waals surface area contributed by atoms with E-state index in [1.54, 1.807) is 24.3 Å². The largest absolute Gasteiger partial charge is 0.456 e. The van der Waals surface area contributed by atoms with Gasteiger partial charge in [0.1, 0.15) is 0 Å². The molecule has 2 aliphatic heterocycles. The predicted octanol–water partition coefficient (Wildman–Crippen LogP) is 2.04. The molecule has 0 bridgehead atoms. The van der Waals surface area contributed by atoms with E-state index >= 15 is 0 Å². The SMILES string of the molecule is CC(=O)OC1=C(N2C(=O)CCC2=O)OC(C)(c2ccccc2Cl)C1=O. The number of likely N-dealkylation sites (tertiary alicyclic amines) is 1. The van der Waals surface area contributed by atoms with Gasteiger partial charge in [-0.2, -0.15) is 0 Å². The molecule has 2 heterocycles. The van der Waals surface area contributed by atoms with Crippen LogP contribution in [0, 0.1) is 0 Å². The van der Waals surface area contributed by atoms with Gasteiger partial charge in [-0.05, 0) is 13.0 Å². The van der Waals surface area contributed by atoms with Crippen molar-refractivity contribution in [3.8, 4) is 0 Å². The molecule has 7 nitrogen and oxygen atoms in total. The Bertz CT molecular complexity index is 829. The highest BCUT2D eigenvalue weighted by Crippen LogP contribution is 2.43. The van der Waals surface area contributed by atoms with Crippen LogP contribution in [-0.4, -0.2) is 28.5 Å². The van der Waals surface area contributed by atoms with Crippen molar-refractivity contribution in [2.45, 2.75) is 32.3 Å². The Labute approximate surface area is 148 Å². The molecule has 0 saturated carbocycles. The summed E-state index contributed by atoms with van der Waals surface area (Å²) in [5.41, 5.74) is -1.29. The number of amides is 2. The summed E-state index contributed by atoms with van der Waals surface area (Å²) in [5.74, 6) is -3.36. The minimum Gasteiger partial charge on any atom is -0.456 e. The van der Waals surface area contributed by atoms with E-state index in [0.29, 0.717) is 5.56 Å². The van der Waals surface area contributed by atoms with Crippen LogP contribution >= 0.6 is 11.6 Å². The molecule has 0 N–H and O–H groups in total. The van der Waals surface area contributed by atoms with E-state index in [-0.39, 0.29) is 23.7 Å². The lowest BCUT2D eigenvalue weighted by molar-refractivity contribution is -0.144. The first-order chi connectivity index (χ1) is 11.8. The third-order valence-electron chi connectivity index (χ3n) is 4.02. The Morgan fingerprint density at radius 3 is 2.36 bits per heavy atom. The maximum absolute atomic E-state index is 12.9. The smallest absolute Gasteiger partial charge is 0.308 e. The van der Waals surface area contributed by atoms with Crippen molar-refractivity contribution in [1.82, 2.24) is 4.90 Å². The number of ketones is 1. The lowest BCUT2D eigenvalue weighted by Gasteiger charge is -2.26. The van der Waals surface area contributed by atoms with E-state index in [9.17, 15) is 19.2 Å². The Morgan fingerprint density at radius 2 is 1.80 bits per heavy atom. The molecule has 8 heteroatoms. The maximum Gasteiger partial charge on any atom is 0.308 e. The Kier molecular flexibility index (Phi) is 4.12. The van der Waals surface area contributed by atoms with Gasteiger partial charge in [0.05, 0.1) is 0 Å². The second-order valence-electron chi connectivity index (χ2n) is 5.80. The third-order valence-corrected chi connectivity index (χ3v) is 4.35. The molecule has 25 heavy (non-hydrogen) atoms. The monoisotopic (exact) mass is 363 g/mol. The molecule has 130 valence electrons. The Hall–Kier alpha value is -2.67. The van der Waals surface area contributed by atoms with Gasteiger partial charge < -0.3 is 9.47 Å². The number of ether oxygens (including phenoxy) is 2. The van der Waals surface area contributed by atoms with Crippen LogP contribution in [0.25, 0.3) is 0 Å². The number of esters is 1. The molecule has 1 aromatic carbocycles. The van der Waals surface area contributed by atoms with Crippen LogP contribution in [0.3, 0.4) is 0 Å². The van der Waals surface area contributed by atoms with Crippen molar-refractivity contribution in [3.63, 3.8) is 0 Å². The second-order valence-corrected chi connectivity index (χ2v) is 6.20. The van der Waals surface area contributed by atoms with Crippen molar-refractivity contribution < 1.29 is 28.7 Å². The minimum atomic E-state index is -1.62. The lowest BCUT2D eigenvalue weighted by Crippen LogP contribution is -2.34. The highest BCUT2D eigenvalue weighted by atomic mass is 35.5. The first-order valence-corrected chi connectivity index (χ1v) is 7.91. The molecule has 1 fully saturated rings. The zero-order valence-electron chi connectivity index (χ0n) is 13.5. The number of rotatable bonds is 3. The molecule has 2 amide bonds. The molecule has 1 aromatic rings. The average Bonchev–Trinajstić information content (AvgIpc) is 2.99. The van der Waals surface area contributed by atoms with Gasteiger partial charge in [-0.3, -0.25) is 19.2 Å². The number of hydrogen-bond acceptors (Lipinski definition) is 6. The molecule has 0 aromatic heterocycles. The molecule has 0 radical (unpaired) electrons. The fourth-order valence-corrected chi connectivity index (χ4v) is 3.13. The number of nitrogens with zero attached hydrogens (tertiary/aromatic N) is 1. The van der Waals surface area contributed by atoms with Gasteiger partial charge in [0.25, 0.3) is 11.7 Å². The Balaban J connectivity index is 2.11. The molecule has 0 aliphatic carbocycles. The van der Waals surface area contributed by atoms with Crippen molar-refractivity contribution >= 4 is 35.2 Å². The number of benzene rings is 1. The molecule has 0 spiro atoms. The van der Waals surface area contributed by atoms with E-state index < -0.39 is 34.9 Å². The molecule has 2 aliphatic rings. The summed E-state index contributed by atoms with van der Waals surface area (Å²) in [6.07, 6.45) is -0.00785. The van der Waals surface area contributed by atoms with E-state index in [4.69, 9.17) is 21.1 Å². The van der Waals surface area contributed by atoms with E-state index in [1.807, 2.05) is 0 Å². The summed E-state index contributed by atoms with van der Waals surface area (Å²) in [4.78, 5) is 49.2. The number of halogens is 1. The number of Topliss-reactive ketones (excluding diaryl/α,β-unsaturated/α-hetero) is 1. The number of imide groups is 1. The maximum atomic E-state index is 12.9. The van der Waals surface area contributed by atoms with Gasteiger partial charge >= 0.3 is 5.97 Å². The summed E-state index contributed by atoms with van der Waals surface area (Å²) in [7, 11) is 0. The van der Waals surface area contributed by atoms with Crippen LogP contribution < -0.4 is 0 Å². The lowest BCUT2D eigenvalue weighted by atomic mass is 9.91. The average molecular weight is 364 g/mol. The number of carbonyl (C=O) groups excluding carboxylic acids is 4. The topological polar surface area (TPSA) is 90.0 Å². The molecule has 1 unspecified atom stereocenters. The molecule has 3 rings (SSSR count). The fraction of sp³-hybridized carbons (Fsp3) is 0.294. The van der Waals surface area contributed by atoms with Crippen molar-refractivity contribution in [3.05, 3.63) is 46.5 Å². The van der Waals surface area contributed by atoms with E-state index in [0.717, 1.165) is 11.8 Å². The zero-order valence-corrected chi connectivity index (χ0v) is 14.3. The standard InChI is InChI=1S/C17H14ClNO6/c1-9(20)24-14-15(23)17(2,10-5-3-4-6-11(10)18)25-16(14)19-12(21)7-8-13(19)22/h3-6H,7-8H2,1-2H3. The quantitative estimate of drug-likeness (QED) is 0.603. The molecule has 1 atom stereocenters. The van der Waals surface area contributed by atoms with E-state index in [1.165, 1.54) is 6.92 Å². The zero-order chi connectivity index (χ0) is 18.4. The number of hydrogen-bond donors (Lipinski definition) is 0. The normalized spacial score (nSPS) is 23.3. The van der Waals surface area contributed by atoms with E-state index in [2.05, 4.69) is 0 Å². The van der Waals surface area contributed by atoms with Crippen LogP contribution in [0.15, 0.2) is 35.9 Å². The molecular formula is C17H14ClNO6. The first-order valence-electron chi connectivity index (χ1n) is 7.53. The minimum absolute atomic E-state index is 0.00393. The van der Waals surface area contributed by atoms with Gasteiger partial charge in [0.2, 0.25) is 23.2 Å². The van der Waals surface area contributed by atoms with Crippen molar-refractivity contribution in [1.29, 1.82) is 0 Å². The Morgan fingerprint density at radius 1 is 1.20 bits per heavy atom. The summed E-state index contributed by atoms with van der Waals surface area (Å²) in [5, 5.41) is 0.265. The van der Waals surface area contributed by atoms with Gasteiger partial charge in [-0.1, -0.05) is 29.8 Å². The molecular weight excluding hydrogens is 350 g/mol. The van der Waals surface area contributed by atoms with Gasteiger partial charge in [0.15, 0.2) is 0 Å².